The van der Waals surface area contributed by atoms with E-state index in [1.165, 1.54) is 39.0 Å². The fourth-order valence-corrected chi connectivity index (χ4v) is 8.43. The maximum atomic E-state index is 5.31. The topological polar surface area (TPSA) is 38.7 Å². The van der Waals surface area contributed by atoms with Crippen LogP contribution in [0, 0.1) is 17.3 Å². The van der Waals surface area contributed by atoms with Crippen LogP contribution in [0.3, 0.4) is 0 Å². The van der Waals surface area contributed by atoms with Crippen LogP contribution < -0.4 is 0 Å². The summed E-state index contributed by atoms with van der Waals surface area (Å²) in [6, 6.07) is 28.4. The molecular formula is C48H47N3. The Morgan fingerprint density at radius 1 is 0.804 bits per heavy atom. The number of benzene rings is 3. The Kier molecular flexibility index (Phi) is 9.16. The summed E-state index contributed by atoms with van der Waals surface area (Å²) in [5, 5.41) is 0. The second kappa shape index (κ2) is 13.7. The predicted molar refractivity (Wildman–Crippen MR) is 215 cm³/mol. The molecule has 0 N–H and O–H groups in total. The fourth-order valence-electron chi connectivity index (χ4n) is 8.43. The van der Waals surface area contributed by atoms with Gasteiger partial charge in [-0.3, -0.25) is 0 Å². The summed E-state index contributed by atoms with van der Waals surface area (Å²) in [6.45, 7) is 17.0. The molecule has 0 saturated carbocycles. The summed E-state index contributed by atoms with van der Waals surface area (Å²) < 4.78 is 0. The molecule has 1 spiro atoms. The maximum absolute atomic E-state index is 5.31. The van der Waals surface area contributed by atoms with E-state index < -0.39 is 0 Å². The summed E-state index contributed by atoms with van der Waals surface area (Å²) in [5.41, 5.74) is 12.0. The summed E-state index contributed by atoms with van der Waals surface area (Å²) in [6.07, 6.45) is 23.2. The Bertz CT molecular complexity index is 2170. The van der Waals surface area contributed by atoms with Gasteiger partial charge in [0.25, 0.3) is 0 Å². The first-order valence-corrected chi connectivity index (χ1v) is 18.3. The molecule has 0 bridgehead atoms. The summed E-state index contributed by atoms with van der Waals surface area (Å²) in [4.78, 5) is 15.7. The van der Waals surface area contributed by atoms with Gasteiger partial charge in [0.2, 0.25) is 0 Å². The SMILES string of the molecule is C=C/C=C(\C=C/C)c1nc(C2=CC(C(C)(C)C)=CC3C2C2=C(C=CCC=C2)C32c3ccccc3-c3ccccc32)nc(-c2ccccc2)n1.CC. The smallest absolute Gasteiger partial charge is 0.164 e. The minimum Gasteiger partial charge on any atom is -0.208 e. The van der Waals surface area contributed by atoms with Crippen LogP contribution in [0.15, 0.2) is 163 Å². The lowest BCUT2D eigenvalue weighted by molar-refractivity contribution is 0.420. The van der Waals surface area contributed by atoms with Crippen LogP contribution in [0.4, 0.5) is 0 Å². The van der Waals surface area contributed by atoms with Gasteiger partial charge in [0.15, 0.2) is 17.5 Å². The number of hydrogen-bond acceptors (Lipinski definition) is 3. The molecule has 0 amide bonds. The van der Waals surface area contributed by atoms with E-state index >= 15 is 0 Å². The van der Waals surface area contributed by atoms with Crippen LogP contribution in [-0.2, 0) is 5.41 Å². The first-order valence-electron chi connectivity index (χ1n) is 18.3. The monoisotopic (exact) mass is 665 g/mol. The van der Waals surface area contributed by atoms with Crippen LogP contribution in [0.5, 0.6) is 0 Å². The molecule has 3 aromatic carbocycles. The fraction of sp³-hybridized carbons (Fsp3) is 0.229. The second-order valence-electron chi connectivity index (χ2n) is 14.3. The van der Waals surface area contributed by atoms with Crippen molar-refractivity contribution in [1.29, 1.82) is 0 Å². The third-order valence-corrected chi connectivity index (χ3v) is 10.5. The van der Waals surface area contributed by atoms with Crippen molar-refractivity contribution in [3.8, 4) is 22.5 Å². The van der Waals surface area contributed by atoms with Crippen molar-refractivity contribution >= 4 is 11.1 Å². The number of allylic oxidation sites excluding steroid dienone is 15. The highest BCUT2D eigenvalue weighted by atomic mass is 15.0. The normalized spacial score (nSPS) is 19.8. The van der Waals surface area contributed by atoms with Crippen LogP contribution in [0.2, 0.25) is 0 Å². The minimum absolute atomic E-state index is 0.0340. The van der Waals surface area contributed by atoms with Crippen LogP contribution in [0.25, 0.3) is 33.7 Å². The van der Waals surface area contributed by atoms with Gasteiger partial charge < -0.3 is 0 Å². The van der Waals surface area contributed by atoms with Gasteiger partial charge in [-0.05, 0) is 57.7 Å². The average molecular weight is 666 g/mol. The first-order chi connectivity index (χ1) is 24.9. The molecule has 4 aromatic rings. The molecule has 0 saturated heterocycles. The largest absolute Gasteiger partial charge is 0.208 e. The van der Waals surface area contributed by atoms with E-state index in [0.717, 1.165) is 29.0 Å². The van der Waals surface area contributed by atoms with E-state index in [9.17, 15) is 0 Å². The number of nitrogens with zero attached hydrogens (tertiary/aromatic N) is 3. The standard InChI is InChI=1S/C46H41N3.C2H6/c1-6-18-30(19-7-2)42-47-43(31-20-10-8-11-21-31)49-44(48-42)36-28-32(45(3,4)5)29-40-41(36)35-24-12-9-13-25-39(35)46(40)37-26-16-14-22-33(37)34-23-15-17-27-38(34)46;1-2/h6-8,10-29,40-41H,1,9H2,2-5H3;1-2H3/b19-7-,30-18+;. The lowest BCUT2D eigenvalue weighted by Crippen LogP contribution is -2.37. The highest BCUT2D eigenvalue weighted by Gasteiger charge is 2.59. The van der Waals surface area contributed by atoms with Gasteiger partial charge in [-0.15, -0.1) is 0 Å². The Morgan fingerprint density at radius 2 is 1.43 bits per heavy atom. The number of rotatable bonds is 5. The Hall–Kier alpha value is -5.41. The van der Waals surface area contributed by atoms with E-state index in [4.69, 9.17) is 15.0 Å². The van der Waals surface area contributed by atoms with E-state index in [1.807, 2.05) is 57.2 Å². The molecule has 2 atom stereocenters. The summed E-state index contributed by atoms with van der Waals surface area (Å²) >= 11 is 0. The molecule has 2 unspecified atom stereocenters. The molecule has 1 heterocycles. The molecule has 3 nitrogen and oxygen atoms in total. The van der Waals surface area contributed by atoms with Crippen molar-refractivity contribution in [3.63, 3.8) is 0 Å². The summed E-state index contributed by atoms with van der Waals surface area (Å²) in [5.74, 6) is 2.17. The molecule has 51 heavy (non-hydrogen) atoms. The highest BCUT2D eigenvalue weighted by molar-refractivity contribution is 5.89. The number of aromatic nitrogens is 3. The molecule has 0 radical (unpaired) electrons. The second-order valence-corrected chi connectivity index (χ2v) is 14.3. The van der Waals surface area contributed by atoms with Crippen molar-refractivity contribution in [2.75, 3.05) is 0 Å². The zero-order valence-electron chi connectivity index (χ0n) is 30.7. The van der Waals surface area contributed by atoms with Crippen LogP contribution >= 0.6 is 0 Å². The molecule has 0 aliphatic heterocycles. The zero-order valence-corrected chi connectivity index (χ0v) is 30.7. The third kappa shape index (κ3) is 5.56. The van der Waals surface area contributed by atoms with Crippen molar-refractivity contribution in [2.45, 2.75) is 53.4 Å². The molecule has 4 aliphatic carbocycles. The van der Waals surface area contributed by atoms with Gasteiger partial charge in [0.1, 0.15) is 0 Å². The average Bonchev–Trinajstić information content (AvgIpc) is 3.47. The zero-order chi connectivity index (χ0) is 35.8. The number of fused-ring (bicyclic) bond motifs is 9. The molecule has 1 aromatic heterocycles. The van der Waals surface area contributed by atoms with Gasteiger partial charge in [-0.25, -0.2) is 15.0 Å². The Morgan fingerprint density at radius 3 is 2.08 bits per heavy atom. The van der Waals surface area contributed by atoms with Gasteiger partial charge >= 0.3 is 0 Å². The molecule has 3 heteroatoms. The van der Waals surface area contributed by atoms with E-state index in [1.54, 1.807) is 6.08 Å². The lowest BCUT2D eigenvalue weighted by Gasteiger charge is -2.41. The summed E-state index contributed by atoms with van der Waals surface area (Å²) in [7, 11) is 0. The predicted octanol–water partition coefficient (Wildman–Crippen LogP) is 12.1. The van der Waals surface area contributed by atoms with Gasteiger partial charge in [-0.1, -0.05) is 181 Å². The number of hydrogen-bond donors (Lipinski definition) is 0. The van der Waals surface area contributed by atoms with Crippen molar-refractivity contribution < 1.29 is 0 Å². The third-order valence-electron chi connectivity index (χ3n) is 10.5. The highest BCUT2D eigenvalue weighted by Crippen LogP contribution is 2.67. The van der Waals surface area contributed by atoms with Crippen molar-refractivity contribution in [3.05, 3.63) is 186 Å². The molecule has 8 rings (SSSR count). The lowest BCUT2D eigenvalue weighted by atomic mass is 9.61. The molecule has 254 valence electrons. The quantitative estimate of drug-likeness (QED) is 0.199. The molecular weight excluding hydrogens is 619 g/mol. The van der Waals surface area contributed by atoms with Crippen molar-refractivity contribution in [2.24, 2.45) is 17.3 Å². The Labute approximate surface area is 304 Å². The minimum atomic E-state index is -0.356. The van der Waals surface area contributed by atoms with Gasteiger partial charge in [0.05, 0.1) is 5.41 Å². The van der Waals surface area contributed by atoms with Gasteiger partial charge in [0, 0.05) is 28.5 Å². The van der Waals surface area contributed by atoms with E-state index in [-0.39, 0.29) is 22.7 Å². The van der Waals surface area contributed by atoms with E-state index in [0.29, 0.717) is 11.6 Å². The molecule has 0 fully saturated rings. The maximum Gasteiger partial charge on any atom is 0.164 e. The first kappa shape index (κ1) is 34.1. The van der Waals surface area contributed by atoms with Crippen molar-refractivity contribution in [1.82, 2.24) is 15.0 Å². The van der Waals surface area contributed by atoms with E-state index in [2.05, 4.69) is 124 Å². The Balaban J connectivity index is 0.00000200. The van der Waals surface area contributed by atoms with Crippen LogP contribution in [0.1, 0.15) is 70.7 Å². The molecule has 4 aliphatic rings. The van der Waals surface area contributed by atoms with Crippen LogP contribution in [-0.4, -0.2) is 15.0 Å². The van der Waals surface area contributed by atoms with Gasteiger partial charge in [-0.2, -0.15) is 0 Å².